The van der Waals surface area contributed by atoms with Gasteiger partial charge < -0.3 is 20.5 Å². The van der Waals surface area contributed by atoms with Gasteiger partial charge in [-0.3, -0.25) is 14.9 Å². The molecule has 0 radical (unpaired) electrons. The zero-order valence-electron chi connectivity index (χ0n) is 13.2. The molecule has 1 aliphatic carbocycles. The predicted molar refractivity (Wildman–Crippen MR) is 83.9 cm³/mol. The van der Waals surface area contributed by atoms with Crippen LogP contribution in [0.25, 0.3) is 0 Å². The topological polar surface area (TPSA) is 117 Å². The molecule has 2 rings (SSSR count). The molecule has 0 bridgehead atoms. The van der Waals surface area contributed by atoms with Crippen LogP contribution in [0.15, 0.2) is 12.1 Å². The van der Waals surface area contributed by atoms with Crippen LogP contribution in [0.5, 0.6) is 11.5 Å². The Labute approximate surface area is 134 Å². The van der Waals surface area contributed by atoms with E-state index in [0.717, 1.165) is 12.8 Å². The first-order valence-electron chi connectivity index (χ1n) is 7.50. The fraction of sp³-hybridized carbons (Fsp3) is 0.533. The van der Waals surface area contributed by atoms with Crippen molar-refractivity contribution in [2.75, 3.05) is 20.3 Å². The van der Waals surface area contributed by atoms with Gasteiger partial charge in [-0.25, -0.2) is 0 Å². The third-order valence-corrected chi connectivity index (χ3v) is 3.75. The van der Waals surface area contributed by atoms with Gasteiger partial charge in [0.1, 0.15) is 5.56 Å². The van der Waals surface area contributed by atoms with Gasteiger partial charge in [0.05, 0.1) is 24.7 Å². The second-order valence-corrected chi connectivity index (χ2v) is 5.42. The van der Waals surface area contributed by atoms with Crippen LogP contribution in [0.4, 0.5) is 5.69 Å². The number of ether oxygens (including phenoxy) is 2. The van der Waals surface area contributed by atoms with Gasteiger partial charge in [0.15, 0.2) is 11.5 Å². The molecule has 0 spiro atoms. The maximum Gasteiger partial charge on any atom is 0.286 e. The lowest BCUT2D eigenvalue weighted by molar-refractivity contribution is -0.385. The molecule has 23 heavy (non-hydrogen) atoms. The van der Waals surface area contributed by atoms with E-state index >= 15 is 0 Å². The minimum Gasteiger partial charge on any atom is -0.493 e. The number of carbonyl (C=O) groups excluding carboxylic acids is 1. The van der Waals surface area contributed by atoms with Crippen molar-refractivity contribution in [1.82, 2.24) is 5.32 Å². The normalized spacial score (nSPS) is 14.9. The molecule has 1 fully saturated rings. The number of nitrogens with two attached hydrogens (primary N) is 1. The van der Waals surface area contributed by atoms with E-state index in [1.807, 2.05) is 0 Å². The van der Waals surface area contributed by atoms with Crippen LogP contribution in [0.1, 0.15) is 30.1 Å². The molecule has 1 atom stereocenters. The number of amides is 1. The fourth-order valence-corrected chi connectivity index (χ4v) is 2.31. The average Bonchev–Trinajstić information content (AvgIpc) is 3.36. The Morgan fingerprint density at radius 1 is 1.48 bits per heavy atom. The summed E-state index contributed by atoms with van der Waals surface area (Å²) in [6.45, 7) is 2.37. The van der Waals surface area contributed by atoms with Crippen molar-refractivity contribution >= 4 is 11.6 Å². The third-order valence-electron chi connectivity index (χ3n) is 3.75. The highest BCUT2D eigenvalue weighted by molar-refractivity contribution is 5.99. The van der Waals surface area contributed by atoms with Gasteiger partial charge >= 0.3 is 0 Å². The Kier molecular flexibility index (Phi) is 5.38. The summed E-state index contributed by atoms with van der Waals surface area (Å²) in [5.74, 6) is 0.385. The van der Waals surface area contributed by atoms with E-state index < -0.39 is 10.8 Å². The molecule has 0 aromatic heterocycles. The lowest BCUT2D eigenvalue weighted by Gasteiger charge is -2.14. The van der Waals surface area contributed by atoms with Gasteiger partial charge in [-0.05, 0) is 25.7 Å². The molecule has 1 amide bonds. The lowest BCUT2D eigenvalue weighted by atomic mass is 10.1. The van der Waals surface area contributed by atoms with E-state index in [0.29, 0.717) is 12.5 Å². The number of methoxy groups -OCH3 is 1. The van der Waals surface area contributed by atoms with Crippen molar-refractivity contribution in [3.63, 3.8) is 0 Å². The van der Waals surface area contributed by atoms with E-state index in [2.05, 4.69) is 5.32 Å². The fourth-order valence-electron chi connectivity index (χ4n) is 2.31. The van der Waals surface area contributed by atoms with Crippen molar-refractivity contribution in [1.29, 1.82) is 0 Å². The maximum absolute atomic E-state index is 12.3. The van der Waals surface area contributed by atoms with Gasteiger partial charge in [0, 0.05) is 18.7 Å². The summed E-state index contributed by atoms with van der Waals surface area (Å²) >= 11 is 0. The maximum atomic E-state index is 12.3. The summed E-state index contributed by atoms with van der Waals surface area (Å²) in [5.41, 5.74) is 5.53. The Morgan fingerprint density at radius 3 is 2.70 bits per heavy atom. The molecule has 3 N–H and O–H groups in total. The third kappa shape index (κ3) is 4.10. The first-order chi connectivity index (χ1) is 11.0. The number of rotatable bonds is 8. The number of hydrogen-bond acceptors (Lipinski definition) is 6. The van der Waals surface area contributed by atoms with Crippen LogP contribution in [0.3, 0.4) is 0 Å². The standard InChI is InChI=1S/C15H21N3O5/c1-3-23-14-7-12(18(20)21)10(6-13(14)22-2)15(19)17-8-11(16)9-4-5-9/h6-7,9,11H,3-5,8,16H2,1-2H3,(H,17,19). The molecule has 126 valence electrons. The van der Waals surface area contributed by atoms with Crippen molar-refractivity contribution < 1.29 is 19.2 Å². The number of benzene rings is 1. The van der Waals surface area contributed by atoms with Crippen molar-refractivity contribution in [2.45, 2.75) is 25.8 Å². The zero-order chi connectivity index (χ0) is 17.0. The van der Waals surface area contributed by atoms with E-state index in [1.165, 1.54) is 19.2 Å². The molecule has 1 unspecified atom stereocenters. The smallest absolute Gasteiger partial charge is 0.286 e. The summed E-state index contributed by atoms with van der Waals surface area (Å²) in [6, 6.07) is 2.40. The Balaban J connectivity index is 2.23. The molecule has 0 heterocycles. The monoisotopic (exact) mass is 323 g/mol. The molecule has 0 aliphatic heterocycles. The number of nitrogens with one attached hydrogen (secondary N) is 1. The first-order valence-corrected chi connectivity index (χ1v) is 7.50. The SMILES string of the molecule is CCOc1cc([N+](=O)[O-])c(C(=O)NCC(N)C2CC2)cc1OC. The van der Waals surface area contributed by atoms with Crippen LogP contribution in [-0.4, -0.2) is 37.1 Å². The van der Waals surface area contributed by atoms with Crippen LogP contribution in [0, 0.1) is 16.0 Å². The Morgan fingerprint density at radius 2 is 2.17 bits per heavy atom. The highest BCUT2D eigenvalue weighted by Crippen LogP contribution is 2.35. The largest absolute Gasteiger partial charge is 0.493 e. The Bertz CT molecular complexity index is 601. The predicted octanol–water partition coefficient (Wildman–Crippen LogP) is 1.47. The van der Waals surface area contributed by atoms with E-state index in [9.17, 15) is 14.9 Å². The lowest BCUT2D eigenvalue weighted by Crippen LogP contribution is -2.38. The number of nitro benzene ring substituents is 1. The second-order valence-electron chi connectivity index (χ2n) is 5.42. The highest BCUT2D eigenvalue weighted by Gasteiger charge is 2.30. The molecule has 1 saturated carbocycles. The molecule has 1 aliphatic rings. The van der Waals surface area contributed by atoms with E-state index in [-0.39, 0.29) is 35.3 Å². The molecule has 0 saturated heterocycles. The first kappa shape index (κ1) is 17.0. The Hall–Kier alpha value is -2.35. The van der Waals surface area contributed by atoms with Crippen LogP contribution in [0.2, 0.25) is 0 Å². The van der Waals surface area contributed by atoms with E-state index in [1.54, 1.807) is 6.92 Å². The van der Waals surface area contributed by atoms with Gasteiger partial charge in [-0.1, -0.05) is 0 Å². The van der Waals surface area contributed by atoms with Gasteiger partial charge in [0.25, 0.3) is 11.6 Å². The van der Waals surface area contributed by atoms with Crippen molar-refractivity contribution in [2.24, 2.45) is 11.7 Å². The number of carbonyl (C=O) groups is 1. The van der Waals surface area contributed by atoms with Crippen LogP contribution < -0.4 is 20.5 Å². The molecule has 1 aromatic rings. The summed E-state index contributed by atoms with van der Waals surface area (Å²) in [6.07, 6.45) is 2.13. The zero-order valence-corrected chi connectivity index (χ0v) is 13.2. The molecule has 1 aromatic carbocycles. The minimum atomic E-state index is -0.613. The summed E-state index contributed by atoms with van der Waals surface area (Å²) in [4.78, 5) is 22.9. The van der Waals surface area contributed by atoms with Crippen LogP contribution >= 0.6 is 0 Å². The molecular weight excluding hydrogens is 302 g/mol. The van der Waals surface area contributed by atoms with Crippen LogP contribution in [-0.2, 0) is 0 Å². The number of nitro groups is 1. The molecule has 8 nitrogen and oxygen atoms in total. The summed E-state index contributed by atoms with van der Waals surface area (Å²) in [5, 5.41) is 13.9. The highest BCUT2D eigenvalue weighted by atomic mass is 16.6. The second kappa shape index (κ2) is 7.28. The van der Waals surface area contributed by atoms with Gasteiger partial charge in [0.2, 0.25) is 0 Å². The summed E-state index contributed by atoms with van der Waals surface area (Å²) < 4.78 is 10.5. The average molecular weight is 323 g/mol. The quantitative estimate of drug-likeness (QED) is 0.552. The van der Waals surface area contributed by atoms with Crippen molar-refractivity contribution in [3.8, 4) is 11.5 Å². The minimum absolute atomic E-state index is 0.0710. The summed E-state index contributed by atoms with van der Waals surface area (Å²) in [7, 11) is 1.41. The number of nitrogens with zero attached hydrogens (tertiary/aromatic N) is 1. The van der Waals surface area contributed by atoms with Gasteiger partial charge in [-0.15, -0.1) is 0 Å². The van der Waals surface area contributed by atoms with Gasteiger partial charge in [-0.2, -0.15) is 0 Å². The molecule has 8 heteroatoms. The van der Waals surface area contributed by atoms with E-state index in [4.69, 9.17) is 15.2 Å². The number of hydrogen-bond donors (Lipinski definition) is 2. The molecular formula is C15H21N3O5. The van der Waals surface area contributed by atoms with Crippen molar-refractivity contribution in [3.05, 3.63) is 27.8 Å².